The quantitative estimate of drug-likeness (QED) is 0.703. The number of nitrogens with zero attached hydrogens (tertiary/aromatic N) is 1. The molecule has 0 unspecified atom stereocenters. The molecule has 5 rings (SSSR count). The first kappa shape index (κ1) is 21.1. The summed E-state index contributed by atoms with van der Waals surface area (Å²) in [5.41, 5.74) is 4.44. The molecule has 3 aliphatic rings. The molecular formula is C25H25N3O5. The number of anilines is 1. The highest BCUT2D eigenvalue weighted by atomic mass is 16.6. The molecule has 170 valence electrons. The van der Waals surface area contributed by atoms with Gasteiger partial charge < -0.3 is 14.8 Å². The molecule has 8 nitrogen and oxygen atoms in total. The summed E-state index contributed by atoms with van der Waals surface area (Å²) in [5.74, 6) is 0.0245. The lowest BCUT2D eigenvalue weighted by atomic mass is 9.80. The lowest BCUT2D eigenvalue weighted by molar-refractivity contribution is -0.139. The van der Waals surface area contributed by atoms with E-state index in [-0.39, 0.29) is 35.6 Å². The molecule has 0 spiro atoms. The van der Waals surface area contributed by atoms with Crippen molar-refractivity contribution in [3.63, 3.8) is 0 Å². The Kier molecular flexibility index (Phi) is 5.50. The van der Waals surface area contributed by atoms with Crippen LogP contribution in [0.15, 0.2) is 54.6 Å². The van der Waals surface area contributed by atoms with E-state index in [0.29, 0.717) is 48.8 Å². The molecule has 1 saturated heterocycles. The lowest BCUT2D eigenvalue weighted by Crippen LogP contribution is -2.59. The van der Waals surface area contributed by atoms with Gasteiger partial charge in [0.05, 0.1) is 23.6 Å². The zero-order valence-corrected chi connectivity index (χ0v) is 18.2. The maximum atomic E-state index is 13.0. The van der Waals surface area contributed by atoms with Gasteiger partial charge in [-0.15, -0.1) is 0 Å². The van der Waals surface area contributed by atoms with Gasteiger partial charge in [0.25, 0.3) is 5.91 Å². The van der Waals surface area contributed by atoms with Crippen molar-refractivity contribution in [1.29, 1.82) is 0 Å². The van der Waals surface area contributed by atoms with E-state index >= 15 is 0 Å². The second-order valence-electron chi connectivity index (χ2n) is 8.45. The van der Waals surface area contributed by atoms with Gasteiger partial charge in [-0.1, -0.05) is 24.3 Å². The summed E-state index contributed by atoms with van der Waals surface area (Å²) >= 11 is 0. The van der Waals surface area contributed by atoms with Crippen molar-refractivity contribution in [2.24, 2.45) is 11.8 Å². The van der Waals surface area contributed by atoms with Crippen LogP contribution in [0.1, 0.15) is 41.7 Å². The smallest absolute Gasteiger partial charge is 0.251 e. The van der Waals surface area contributed by atoms with Gasteiger partial charge in [0.1, 0.15) is 13.2 Å². The van der Waals surface area contributed by atoms with Crippen LogP contribution in [0.5, 0.6) is 11.5 Å². The third-order valence-corrected chi connectivity index (χ3v) is 6.31. The van der Waals surface area contributed by atoms with E-state index < -0.39 is 0 Å². The Morgan fingerprint density at radius 3 is 2.61 bits per heavy atom. The first-order valence-electron chi connectivity index (χ1n) is 11.1. The van der Waals surface area contributed by atoms with Gasteiger partial charge in [0, 0.05) is 5.56 Å². The van der Waals surface area contributed by atoms with Crippen molar-refractivity contribution in [3.8, 4) is 11.5 Å². The van der Waals surface area contributed by atoms with Crippen molar-refractivity contribution >= 4 is 23.4 Å². The molecule has 2 N–H and O–H groups in total. The van der Waals surface area contributed by atoms with Crippen LogP contribution in [0.2, 0.25) is 0 Å². The fraction of sp³-hybridized carbons (Fsp3) is 0.320. The SMILES string of the molecule is C[C@H](NC(=O)c1cccc(N2NC(=O)[C@@H]3CC=CC[C@@H]3C2=O)c1)c1ccc2c(c1)OCCO2. The van der Waals surface area contributed by atoms with Gasteiger partial charge in [-0.3, -0.25) is 19.8 Å². The number of ether oxygens (including phenoxy) is 2. The van der Waals surface area contributed by atoms with Crippen LogP contribution in [0.4, 0.5) is 5.69 Å². The van der Waals surface area contributed by atoms with E-state index in [0.717, 1.165) is 5.56 Å². The molecule has 2 heterocycles. The minimum absolute atomic E-state index is 0.161. The number of hydrogen-bond donors (Lipinski definition) is 2. The van der Waals surface area contributed by atoms with Gasteiger partial charge in [0.2, 0.25) is 11.8 Å². The summed E-state index contributed by atoms with van der Waals surface area (Å²) in [7, 11) is 0. The molecule has 1 aliphatic carbocycles. The number of nitrogens with one attached hydrogen (secondary N) is 2. The average molecular weight is 447 g/mol. The number of benzene rings is 2. The Bertz CT molecular complexity index is 1140. The summed E-state index contributed by atoms with van der Waals surface area (Å²) in [6, 6.07) is 12.0. The van der Waals surface area contributed by atoms with Gasteiger partial charge in [-0.2, -0.15) is 0 Å². The predicted molar refractivity (Wildman–Crippen MR) is 121 cm³/mol. The van der Waals surface area contributed by atoms with Crippen LogP contribution in [0.25, 0.3) is 0 Å². The number of hydrazine groups is 1. The second-order valence-corrected chi connectivity index (χ2v) is 8.45. The van der Waals surface area contributed by atoms with Crippen LogP contribution < -0.4 is 25.2 Å². The lowest BCUT2D eigenvalue weighted by Gasteiger charge is -2.38. The van der Waals surface area contributed by atoms with Crippen LogP contribution in [0, 0.1) is 11.8 Å². The maximum absolute atomic E-state index is 13.0. The molecule has 33 heavy (non-hydrogen) atoms. The summed E-state index contributed by atoms with van der Waals surface area (Å²) in [6.07, 6.45) is 4.99. The fourth-order valence-corrected chi connectivity index (χ4v) is 4.46. The Morgan fingerprint density at radius 1 is 1.03 bits per heavy atom. The normalized spacial score (nSPS) is 22.3. The monoisotopic (exact) mass is 447 g/mol. The number of carbonyl (C=O) groups excluding carboxylic acids is 3. The van der Waals surface area contributed by atoms with Gasteiger partial charge >= 0.3 is 0 Å². The summed E-state index contributed by atoms with van der Waals surface area (Å²) in [5, 5.41) is 4.25. The van der Waals surface area contributed by atoms with Crippen LogP contribution in [0.3, 0.4) is 0 Å². The fourth-order valence-electron chi connectivity index (χ4n) is 4.46. The summed E-state index contributed by atoms with van der Waals surface area (Å²) in [4.78, 5) is 38.5. The summed E-state index contributed by atoms with van der Waals surface area (Å²) in [6.45, 7) is 2.90. The predicted octanol–water partition coefficient (Wildman–Crippen LogP) is 2.91. The zero-order valence-electron chi connectivity index (χ0n) is 18.2. The number of allylic oxidation sites excluding steroid dienone is 2. The first-order chi connectivity index (χ1) is 16.0. The molecule has 0 saturated carbocycles. The van der Waals surface area contributed by atoms with E-state index in [9.17, 15) is 14.4 Å². The third kappa shape index (κ3) is 4.04. The molecule has 1 fully saturated rings. The van der Waals surface area contributed by atoms with E-state index in [2.05, 4.69) is 10.7 Å². The minimum atomic E-state index is -0.378. The largest absolute Gasteiger partial charge is 0.486 e. The van der Waals surface area contributed by atoms with Crippen molar-refractivity contribution in [2.75, 3.05) is 18.2 Å². The highest BCUT2D eigenvalue weighted by molar-refractivity contribution is 6.05. The van der Waals surface area contributed by atoms with Gasteiger partial charge in [-0.25, -0.2) is 5.01 Å². The Labute approximate surface area is 191 Å². The number of amides is 3. The van der Waals surface area contributed by atoms with E-state index in [1.165, 1.54) is 5.01 Å². The molecule has 2 aromatic rings. The van der Waals surface area contributed by atoms with E-state index in [1.54, 1.807) is 24.3 Å². The number of fused-ring (bicyclic) bond motifs is 2. The molecule has 0 bridgehead atoms. The Hall–Kier alpha value is -3.81. The number of hydrogen-bond acceptors (Lipinski definition) is 5. The first-order valence-corrected chi connectivity index (χ1v) is 11.1. The van der Waals surface area contributed by atoms with E-state index in [4.69, 9.17) is 9.47 Å². The van der Waals surface area contributed by atoms with Crippen molar-refractivity contribution < 1.29 is 23.9 Å². The second kappa shape index (κ2) is 8.61. The molecule has 3 atom stereocenters. The molecule has 8 heteroatoms. The number of rotatable bonds is 4. The average Bonchev–Trinajstić information content (AvgIpc) is 2.86. The van der Waals surface area contributed by atoms with Gasteiger partial charge in [0.15, 0.2) is 11.5 Å². The molecule has 3 amide bonds. The van der Waals surface area contributed by atoms with Crippen molar-refractivity contribution in [1.82, 2.24) is 10.7 Å². The highest BCUT2D eigenvalue weighted by Crippen LogP contribution is 2.34. The van der Waals surface area contributed by atoms with Crippen molar-refractivity contribution in [2.45, 2.75) is 25.8 Å². The van der Waals surface area contributed by atoms with Crippen LogP contribution in [-0.2, 0) is 9.59 Å². The molecule has 0 aromatic heterocycles. The summed E-state index contributed by atoms with van der Waals surface area (Å²) < 4.78 is 11.2. The Balaban J connectivity index is 1.31. The van der Waals surface area contributed by atoms with E-state index in [1.807, 2.05) is 37.3 Å². The third-order valence-electron chi connectivity index (χ3n) is 6.31. The molecule has 0 radical (unpaired) electrons. The molecule has 2 aliphatic heterocycles. The Morgan fingerprint density at radius 2 is 1.79 bits per heavy atom. The standard InChI is InChI=1S/C25H25N3O5/c1-15(16-9-10-21-22(14-16)33-12-11-32-21)26-23(29)17-5-4-6-18(13-17)28-25(31)20-8-3-2-7-19(20)24(30)27-28/h2-6,9-10,13-15,19-20H,7-8,11-12H2,1H3,(H,26,29)(H,27,30)/t15-,19+,20-/m0/s1. The highest BCUT2D eigenvalue weighted by Gasteiger charge is 2.42. The topological polar surface area (TPSA) is 97.0 Å². The minimum Gasteiger partial charge on any atom is -0.486 e. The van der Waals surface area contributed by atoms with Crippen LogP contribution >= 0.6 is 0 Å². The molecule has 2 aromatic carbocycles. The molecular weight excluding hydrogens is 422 g/mol. The zero-order chi connectivity index (χ0) is 22.9. The maximum Gasteiger partial charge on any atom is 0.251 e. The number of carbonyl (C=O) groups is 3. The van der Waals surface area contributed by atoms with Gasteiger partial charge in [-0.05, 0) is 55.7 Å². The van der Waals surface area contributed by atoms with Crippen molar-refractivity contribution in [3.05, 3.63) is 65.7 Å². The van der Waals surface area contributed by atoms with Crippen LogP contribution in [-0.4, -0.2) is 30.9 Å².